The average Bonchev–Trinajstić information content (AvgIpc) is 2.65. The van der Waals surface area contributed by atoms with Gasteiger partial charge in [0, 0.05) is 12.4 Å². The van der Waals surface area contributed by atoms with E-state index in [0.29, 0.717) is 19.4 Å². The van der Waals surface area contributed by atoms with E-state index in [1.165, 1.54) is 5.56 Å². The summed E-state index contributed by atoms with van der Waals surface area (Å²) in [4.78, 5) is 17.9. The van der Waals surface area contributed by atoms with Gasteiger partial charge in [-0.05, 0) is 62.2 Å². The molecule has 1 aliphatic heterocycles. The van der Waals surface area contributed by atoms with Crippen LogP contribution in [0, 0.1) is 5.92 Å². The Balaban J connectivity index is 1.85. The van der Waals surface area contributed by atoms with E-state index in [1.54, 1.807) is 6.20 Å². The van der Waals surface area contributed by atoms with Crippen LogP contribution in [0.1, 0.15) is 36.9 Å². The molecule has 1 unspecified atom stereocenters. The molecule has 0 spiro atoms. The molecule has 2 heterocycles. The molecule has 5 nitrogen and oxygen atoms in total. The lowest BCUT2D eigenvalue weighted by molar-refractivity contribution is -0.143. The molecule has 1 aromatic heterocycles. The van der Waals surface area contributed by atoms with Crippen LogP contribution in [0.15, 0.2) is 48.8 Å². The van der Waals surface area contributed by atoms with Gasteiger partial charge in [0.25, 0.3) is 0 Å². The Labute approximate surface area is 148 Å². The molecule has 1 aromatic carbocycles. The van der Waals surface area contributed by atoms with Crippen molar-refractivity contribution < 1.29 is 14.6 Å². The van der Waals surface area contributed by atoms with Crippen molar-refractivity contribution in [2.24, 2.45) is 5.92 Å². The standard InChI is InChI=1S/C20H24N2O3/c1-2-25-18-7-5-15(6-8-18)19(17-4-3-11-21-14-17)22-12-9-16(10-13-22)20(23)24/h3-8,11,14,16,19H,2,9-10,12-13H2,1H3,(H,23,24). The number of rotatable bonds is 6. The number of carbonyl (C=O) groups is 1. The van der Waals surface area contributed by atoms with Crippen molar-refractivity contribution in [3.63, 3.8) is 0 Å². The predicted molar refractivity (Wildman–Crippen MR) is 95.6 cm³/mol. The van der Waals surface area contributed by atoms with Gasteiger partial charge in [0.15, 0.2) is 0 Å². The van der Waals surface area contributed by atoms with E-state index >= 15 is 0 Å². The normalized spacial score (nSPS) is 17.2. The molecule has 3 rings (SSSR count). The zero-order valence-electron chi connectivity index (χ0n) is 14.5. The fraction of sp³-hybridized carbons (Fsp3) is 0.400. The summed E-state index contributed by atoms with van der Waals surface area (Å²) in [7, 11) is 0. The Bertz CT molecular complexity index is 680. The molecule has 1 saturated heterocycles. The van der Waals surface area contributed by atoms with Crippen molar-refractivity contribution in [3.8, 4) is 5.75 Å². The molecule has 1 atom stereocenters. The number of aliphatic carboxylic acids is 1. The number of carboxylic acids is 1. The van der Waals surface area contributed by atoms with Crippen LogP contribution in [0.5, 0.6) is 5.75 Å². The molecule has 0 radical (unpaired) electrons. The Hall–Kier alpha value is -2.40. The lowest BCUT2D eigenvalue weighted by atomic mass is 9.92. The zero-order valence-corrected chi connectivity index (χ0v) is 14.5. The molecule has 2 aromatic rings. The smallest absolute Gasteiger partial charge is 0.306 e. The second-order valence-corrected chi connectivity index (χ2v) is 6.34. The number of piperidine rings is 1. The number of carboxylic acid groups (broad SMARTS) is 1. The van der Waals surface area contributed by atoms with Crippen molar-refractivity contribution in [2.75, 3.05) is 19.7 Å². The number of hydrogen-bond acceptors (Lipinski definition) is 4. The third kappa shape index (κ3) is 4.17. The van der Waals surface area contributed by atoms with Gasteiger partial charge >= 0.3 is 5.97 Å². The fourth-order valence-electron chi connectivity index (χ4n) is 3.47. The molecule has 1 aliphatic rings. The highest BCUT2D eigenvalue weighted by molar-refractivity contribution is 5.70. The fourth-order valence-corrected chi connectivity index (χ4v) is 3.47. The summed E-state index contributed by atoms with van der Waals surface area (Å²) in [5, 5.41) is 9.24. The number of ether oxygens (including phenoxy) is 1. The van der Waals surface area contributed by atoms with Crippen molar-refractivity contribution in [3.05, 3.63) is 59.9 Å². The maximum absolute atomic E-state index is 11.2. The summed E-state index contributed by atoms with van der Waals surface area (Å²) in [6, 6.07) is 12.3. The topological polar surface area (TPSA) is 62.7 Å². The lowest BCUT2D eigenvalue weighted by Gasteiger charge is -2.37. The van der Waals surface area contributed by atoms with Crippen molar-refractivity contribution in [1.29, 1.82) is 0 Å². The Morgan fingerprint density at radius 3 is 2.52 bits per heavy atom. The van der Waals surface area contributed by atoms with E-state index in [1.807, 2.05) is 31.3 Å². The largest absolute Gasteiger partial charge is 0.494 e. The average molecular weight is 340 g/mol. The van der Waals surface area contributed by atoms with Gasteiger partial charge in [0.2, 0.25) is 0 Å². The first kappa shape index (κ1) is 17.4. The van der Waals surface area contributed by atoms with Crippen LogP contribution in [0.25, 0.3) is 0 Å². The second kappa shape index (κ2) is 8.12. The number of benzene rings is 1. The van der Waals surface area contributed by atoms with Crippen LogP contribution in [-0.4, -0.2) is 40.7 Å². The highest BCUT2D eigenvalue weighted by Gasteiger charge is 2.30. The summed E-state index contributed by atoms with van der Waals surface area (Å²) in [6.45, 7) is 4.15. The molecular weight excluding hydrogens is 316 g/mol. The number of hydrogen-bond donors (Lipinski definition) is 1. The van der Waals surface area contributed by atoms with Crippen LogP contribution >= 0.6 is 0 Å². The lowest BCUT2D eigenvalue weighted by Crippen LogP contribution is -2.39. The van der Waals surface area contributed by atoms with Gasteiger partial charge in [0.1, 0.15) is 5.75 Å². The summed E-state index contributed by atoms with van der Waals surface area (Å²) in [6.07, 6.45) is 5.03. The van der Waals surface area contributed by atoms with Crippen LogP contribution in [0.2, 0.25) is 0 Å². The van der Waals surface area contributed by atoms with Crippen molar-refractivity contribution >= 4 is 5.97 Å². The first-order valence-electron chi connectivity index (χ1n) is 8.78. The van der Waals surface area contributed by atoms with Gasteiger partial charge in [-0.25, -0.2) is 0 Å². The SMILES string of the molecule is CCOc1ccc(C(c2cccnc2)N2CCC(C(=O)O)CC2)cc1. The Kier molecular flexibility index (Phi) is 5.66. The maximum atomic E-state index is 11.2. The highest BCUT2D eigenvalue weighted by atomic mass is 16.5. The molecule has 0 bridgehead atoms. The van der Waals surface area contributed by atoms with Crippen molar-refractivity contribution in [1.82, 2.24) is 9.88 Å². The maximum Gasteiger partial charge on any atom is 0.306 e. The van der Waals surface area contributed by atoms with Gasteiger partial charge in [-0.3, -0.25) is 14.7 Å². The van der Waals surface area contributed by atoms with Crippen molar-refractivity contribution in [2.45, 2.75) is 25.8 Å². The summed E-state index contributed by atoms with van der Waals surface area (Å²) in [5.74, 6) is -0.0504. The summed E-state index contributed by atoms with van der Waals surface area (Å²) < 4.78 is 5.54. The van der Waals surface area contributed by atoms with E-state index in [-0.39, 0.29) is 12.0 Å². The number of nitrogens with zero attached hydrogens (tertiary/aromatic N) is 2. The van der Waals surface area contributed by atoms with Gasteiger partial charge in [0.05, 0.1) is 18.6 Å². The van der Waals surface area contributed by atoms with Gasteiger partial charge in [-0.15, -0.1) is 0 Å². The third-order valence-corrected chi connectivity index (χ3v) is 4.75. The minimum absolute atomic E-state index is 0.0825. The minimum Gasteiger partial charge on any atom is -0.494 e. The van der Waals surface area contributed by atoms with E-state index in [0.717, 1.165) is 24.4 Å². The summed E-state index contributed by atoms with van der Waals surface area (Å²) >= 11 is 0. The quantitative estimate of drug-likeness (QED) is 0.873. The van der Waals surface area contributed by atoms with Gasteiger partial charge in [-0.2, -0.15) is 0 Å². The number of pyridine rings is 1. The third-order valence-electron chi connectivity index (χ3n) is 4.75. The van der Waals surface area contributed by atoms with Crippen LogP contribution in [0.3, 0.4) is 0 Å². The summed E-state index contributed by atoms with van der Waals surface area (Å²) in [5.41, 5.74) is 2.30. The molecule has 1 fully saturated rings. The monoisotopic (exact) mass is 340 g/mol. The first-order chi connectivity index (χ1) is 12.2. The van der Waals surface area contributed by atoms with Crippen LogP contribution < -0.4 is 4.74 Å². The molecule has 0 amide bonds. The molecule has 0 aliphatic carbocycles. The first-order valence-corrected chi connectivity index (χ1v) is 8.78. The van der Waals surface area contributed by atoms with E-state index in [2.05, 4.69) is 28.1 Å². The van der Waals surface area contributed by atoms with Crippen LogP contribution in [0.4, 0.5) is 0 Å². The second-order valence-electron chi connectivity index (χ2n) is 6.34. The molecule has 5 heteroatoms. The molecular formula is C20H24N2O3. The van der Waals surface area contributed by atoms with Gasteiger partial charge < -0.3 is 9.84 Å². The molecule has 132 valence electrons. The number of likely N-dealkylation sites (tertiary alicyclic amines) is 1. The predicted octanol–water partition coefficient (Wildman–Crippen LogP) is 3.37. The van der Waals surface area contributed by atoms with Crippen LogP contribution in [-0.2, 0) is 4.79 Å². The minimum atomic E-state index is -0.682. The molecule has 1 N–H and O–H groups in total. The van der Waals surface area contributed by atoms with E-state index < -0.39 is 5.97 Å². The Morgan fingerprint density at radius 2 is 1.96 bits per heavy atom. The highest BCUT2D eigenvalue weighted by Crippen LogP contribution is 2.33. The molecule has 25 heavy (non-hydrogen) atoms. The van der Waals surface area contributed by atoms with E-state index in [4.69, 9.17) is 4.74 Å². The van der Waals surface area contributed by atoms with E-state index in [9.17, 15) is 9.90 Å². The number of aromatic nitrogens is 1. The Morgan fingerprint density at radius 1 is 1.24 bits per heavy atom. The molecule has 0 saturated carbocycles. The zero-order chi connectivity index (χ0) is 17.6. The van der Waals surface area contributed by atoms with Gasteiger partial charge in [-0.1, -0.05) is 18.2 Å².